The van der Waals surface area contributed by atoms with Gasteiger partial charge in [0.05, 0.1) is 44.8 Å². The normalized spacial score (nSPS) is 13.7. The first kappa shape index (κ1) is 52.4. The summed E-state index contributed by atoms with van der Waals surface area (Å²) in [7, 11) is 0. The van der Waals surface area contributed by atoms with E-state index in [1.807, 2.05) is 0 Å². The van der Waals surface area contributed by atoms with Gasteiger partial charge in [0.15, 0.2) is 0 Å². The molecule has 0 radical (unpaired) electrons. The van der Waals surface area contributed by atoms with Gasteiger partial charge in [-0.05, 0) is 241 Å². The van der Waals surface area contributed by atoms with Crippen molar-refractivity contribution in [2.75, 3.05) is 9.80 Å². The molecule has 2 aliphatic carbocycles. The Morgan fingerprint density at radius 3 is 1.34 bits per heavy atom. The third kappa shape index (κ3) is 7.80. The summed E-state index contributed by atoms with van der Waals surface area (Å²) in [5.41, 5.74) is 28.8. The fourth-order valence-electron chi connectivity index (χ4n) is 16.4. The van der Waals surface area contributed by atoms with E-state index in [4.69, 9.17) is 0 Å². The number of fused-ring (bicyclic) bond motifs is 8. The van der Waals surface area contributed by atoms with Gasteiger partial charge in [-0.15, -0.1) is 0 Å². The summed E-state index contributed by atoms with van der Waals surface area (Å²) in [5, 5.41) is 13.2. The topological polar surface area (TPSA) is 16.3 Å². The van der Waals surface area contributed by atoms with E-state index in [0.717, 1.165) is 25.7 Å². The summed E-state index contributed by atoms with van der Waals surface area (Å²) < 4.78 is 5.01. The highest BCUT2D eigenvalue weighted by atomic mass is 15.2. The molecular formula is C82H74N4. The molecule has 422 valence electrons. The van der Waals surface area contributed by atoms with Crippen molar-refractivity contribution in [1.82, 2.24) is 9.13 Å². The molecule has 0 N–H and O–H groups in total. The Balaban J connectivity index is 1.03. The molecule has 0 saturated carbocycles. The monoisotopic (exact) mass is 1110 g/mol. The highest BCUT2D eigenvalue weighted by Gasteiger charge is 2.33. The molecule has 4 nitrogen and oxygen atoms in total. The van der Waals surface area contributed by atoms with Crippen molar-refractivity contribution in [3.63, 3.8) is 0 Å². The summed E-state index contributed by atoms with van der Waals surface area (Å²) in [6.07, 6.45) is 9.17. The summed E-state index contributed by atoms with van der Waals surface area (Å²) in [6, 6.07) is 74.7. The van der Waals surface area contributed by atoms with Crippen LogP contribution in [0.25, 0.3) is 87.3 Å². The van der Waals surface area contributed by atoms with Crippen LogP contribution >= 0.6 is 0 Å². The third-order valence-corrected chi connectivity index (χ3v) is 20.1. The molecule has 2 aliphatic rings. The van der Waals surface area contributed by atoms with E-state index in [2.05, 4.69) is 268 Å². The Hall–Kier alpha value is -9.12. The zero-order valence-corrected chi connectivity index (χ0v) is 51.1. The third-order valence-electron chi connectivity index (χ3n) is 20.1. The Morgan fingerprint density at radius 1 is 0.337 bits per heavy atom. The van der Waals surface area contributed by atoms with Gasteiger partial charge in [-0.25, -0.2) is 0 Å². The van der Waals surface area contributed by atoms with Gasteiger partial charge in [0, 0.05) is 55.1 Å². The van der Waals surface area contributed by atoms with E-state index in [-0.39, 0.29) is 11.8 Å². The number of nitrogens with zero attached hydrogens (tertiary/aromatic N) is 4. The predicted molar refractivity (Wildman–Crippen MR) is 369 cm³/mol. The average Bonchev–Trinajstić information content (AvgIpc) is 0.978. The van der Waals surface area contributed by atoms with Gasteiger partial charge in [-0.1, -0.05) is 149 Å². The second kappa shape index (κ2) is 20.3. The van der Waals surface area contributed by atoms with Crippen LogP contribution in [0.5, 0.6) is 0 Å². The molecule has 0 spiro atoms. The zero-order valence-electron chi connectivity index (χ0n) is 51.1. The number of aryl methyl sites for hydroxylation is 6. The largest absolute Gasteiger partial charge is 0.309 e. The van der Waals surface area contributed by atoms with Crippen LogP contribution in [-0.4, -0.2) is 9.13 Å². The van der Waals surface area contributed by atoms with Crippen molar-refractivity contribution >= 4 is 110 Å². The van der Waals surface area contributed by atoms with Gasteiger partial charge >= 0.3 is 0 Å². The smallest absolute Gasteiger partial charge is 0.0591 e. The van der Waals surface area contributed by atoms with E-state index in [9.17, 15) is 0 Å². The van der Waals surface area contributed by atoms with Gasteiger partial charge in [0.1, 0.15) is 0 Å². The molecule has 0 unspecified atom stereocenters. The lowest BCUT2D eigenvalue weighted by Gasteiger charge is -2.36. The first-order chi connectivity index (χ1) is 42.0. The minimum Gasteiger partial charge on any atom is -0.309 e. The van der Waals surface area contributed by atoms with Gasteiger partial charge in [-0.3, -0.25) is 0 Å². The maximum absolute atomic E-state index is 2.75. The maximum atomic E-state index is 2.75. The number of rotatable bonds is 10. The van der Waals surface area contributed by atoms with Crippen LogP contribution < -0.4 is 9.80 Å². The van der Waals surface area contributed by atoms with Crippen LogP contribution in [0.4, 0.5) is 34.1 Å². The Bertz CT molecular complexity index is 5050. The van der Waals surface area contributed by atoms with E-state index >= 15 is 0 Å². The minimum absolute atomic E-state index is 0.251. The van der Waals surface area contributed by atoms with Crippen LogP contribution in [-0.2, 0) is 25.7 Å². The fourth-order valence-corrected chi connectivity index (χ4v) is 16.4. The molecule has 0 saturated heterocycles. The maximum Gasteiger partial charge on any atom is 0.0591 e. The fraction of sp³-hybridized carbons (Fsp3) is 0.220. The van der Waals surface area contributed by atoms with E-state index in [1.54, 1.807) is 0 Å². The number of hydrogen-bond donors (Lipinski definition) is 0. The average molecular weight is 1120 g/mol. The van der Waals surface area contributed by atoms with E-state index < -0.39 is 0 Å². The SMILES string of the molecule is Cc1cc2c(c(C)c1N(c1cccc3c1CCCC3)c1cc(C(C)C)c3ccc4c(N(c5cccc6c5CCCC6)c5c(C)cc6c7ccccc7n(-c7ccccc7)c6c5C)cc(C(C)C)c5ccc1c3c54)c1ccccc1n2-c1ccccc1. The van der Waals surface area contributed by atoms with Crippen molar-refractivity contribution < 1.29 is 0 Å². The molecule has 0 aliphatic heterocycles. The molecule has 0 amide bonds. The van der Waals surface area contributed by atoms with Crippen LogP contribution in [0.15, 0.2) is 194 Å². The predicted octanol–water partition coefficient (Wildman–Crippen LogP) is 23.0. The number of hydrogen-bond acceptors (Lipinski definition) is 2. The number of anilines is 6. The standard InChI is InChI=1S/C82H74N4/c1-49(2)67-47-74(85(70-39-23-27-55-25-15-17-33-59(55)70)80-52(6)46-76-77(53(80)7)64-36-20-22-38-73(64)83(76)57-29-11-9-12-30-57)65-43-41-63-68(50(3)4)48-75(66-44-42-62(67)78(65)79(63)66)86(71-40-24-28-56-26-16-18-34-60(56)71)81-51(5)45-69-61-35-19-21-37-72(61)84(82(69)54(81)8)58-31-13-10-14-32-58/h9-14,19-24,27-32,35-50H,15-18,25-26,33-34H2,1-8H3. The van der Waals surface area contributed by atoms with Crippen molar-refractivity contribution in [3.8, 4) is 11.4 Å². The van der Waals surface area contributed by atoms with Crippen molar-refractivity contribution in [2.24, 2.45) is 0 Å². The van der Waals surface area contributed by atoms with Gasteiger partial charge in [-0.2, -0.15) is 0 Å². The van der Waals surface area contributed by atoms with Crippen molar-refractivity contribution in [3.05, 3.63) is 250 Å². The molecule has 14 aromatic rings. The van der Waals surface area contributed by atoms with Crippen LogP contribution in [0.3, 0.4) is 0 Å². The molecule has 0 bridgehead atoms. The second-order valence-corrected chi connectivity index (χ2v) is 25.8. The lowest BCUT2D eigenvalue weighted by molar-refractivity contribution is 0.686. The second-order valence-electron chi connectivity index (χ2n) is 25.8. The van der Waals surface area contributed by atoms with Crippen LogP contribution in [0.1, 0.15) is 121 Å². The Kier molecular flexibility index (Phi) is 12.4. The minimum atomic E-state index is 0.251. The Labute approximate surface area is 505 Å². The molecular weight excluding hydrogens is 1040 g/mol. The van der Waals surface area contributed by atoms with Crippen LogP contribution in [0.2, 0.25) is 0 Å². The Morgan fingerprint density at radius 2 is 0.791 bits per heavy atom. The van der Waals surface area contributed by atoms with Crippen molar-refractivity contribution in [1.29, 1.82) is 0 Å². The van der Waals surface area contributed by atoms with Gasteiger partial charge in [0.25, 0.3) is 0 Å². The molecule has 4 heteroatoms. The molecule has 86 heavy (non-hydrogen) atoms. The first-order valence-electron chi connectivity index (χ1n) is 31.8. The highest BCUT2D eigenvalue weighted by Crippen LogP contribution is 2.55. The van der Waals surface area contributed by atoms with E-state index in [1.165, 1.54) is 203 Å². The van der Waals surface area contributed by atoms with Crippen molar-refractivity contribution in [2.45, 2.75) is 119 Å². The number of aromatic nitrogens is 2. The van der Waals surface area contributed by atoms with E-state index in [0.29, 0.717) is 0 Å². The molecule has 0 atom stereocenters. The van der Waals surface area contributed by atoms with Gasteiger partial charge in [0.2, 0.25) is 0 Å². The van der Waals surface area contributed by atoms with Crippen LogP contribution in [0, 0.1) is 27.7 Å². The number of benzene rings is 12. The summed E-state index contributed by atoms with van der Waals surface area (Å²) in [5.74, 6) is 0.504. The van der Waals surface area contributed by atoms with Gasteiger partial charge < -0.3 is 18.9 Å². The lowest BCUT2D eigenvalue weighted by Crippen LogP contribution is -2.19. The summed E-state index contributed by atoms with van der Waals surface area (Å²) >= 11 is 0. The molecule has 2 aromatic heterocycles. The molecule has 2 heterocycles. The highest BCUT2D eigenvalue weighted by molar-refractivity contribution is 6.30. The molecule has 12 aromatic carbocycles. The molecule has 16 rings (SSSR count). The quantitative estimate of drug-likeness (QED) is 0.127. The zero-order chi connectivity index (χ0) is 58.2. The summed E-state index contributed by atoms with van der Waals surface area (Å²) in [6.45, 7) is 19.2. The first-order valence-corrected chi connectivity index (χ1v) is 31.8. The summed E-state index contributed by atoms with van der Waals surface area (Å²) in [4.78, 5) is 5.50. The molecule has 0 fully saturated rings. The number of para-hydroxylation sites is 4. The lowest BCUT2D eigenvalue weighted by atomic mass is 9.83.